The van der Waals surface area contributed by atoms with Gasteiger partial charge in [-0.25, -0.2) is 0 Å². The van der Waals surface area contributed by atoms with Gasteiger partial charge in [0.15, 0.2) is 0 Å². The number of carbonyl (C=O) groups excluding carboxylic acids is 1. The molecule has 0 aromatic heterocycles. The molecule has 0 aliphatic rings. The predicted molar refractivity (Wildman–Crippen MR) is 85.4 cm³/mol. The first-order chi connectivity index (χ1) is 9.49. The van der Waals surface area contributed by atoms with Crippen LogP contribution in [0.2, 0.25) is 0 Å². The molecular formula is C17H19NOS. The lowest BCUT2D eigenvalue weighted by Crippen LogP contribution is -2.27. The molecule has 2 nitrogen and oxygen atoms in total. The summed E-state index contributed by atoms with van der Waals surface area (Å²) in [4.78, 5) is 15.1. The SMILES string of the molecule is Cc1ccccc1CN(C)C(=O)c1cc(S)ccc1C. The second kappa shape index (κ2) is 6.14. The van der Waals surface area contributed by atoms with Gasteiger partial charge in [-0.1, -0.05) is 30.3 Å². The smallest absolute Gasteiger partial charge is 0.254 e. The molecule has 0 fully saturated rings. The van der Waals surface area contributed by atoms with E-state index in [-0.39, 0.29) is 5.91 Å². The van der Waals surface area contributed by atoms with E-state index in [1.54, 1.807) is 4.90 Å². The molecule has 0 aliphatic heterocycles. The van der Waals surface area contributed by atoms with Crippen LogP contribution < -0.4 is 0 Å². The Morgan fingerprint density at radius 2 is 1.80 bits per heavy atom. The zero-order chi connectivity index (χ0) is 14.7. The molecule has 0 atom stereocenters. The van der Waals surface area contributed by atoms with Crippen LogP contribution in [-0.4, -0.2) is 17.9 Å². The molecule has 104 valence electrons. The maximum absolute atomic E-state index is 12.5. The molecule has 0 saturated heterocycles. The topological polar surface area (TPSA) is 20.3 Å². The van der Waals surface area contributed by atoms with Crippen molar-refractivity contribution in [2.75, 3.05) is 7.05 Å². The quantitative estimate of drug-likeness (QED) is 0.849. The molecule has 2 aromatic rings. The maximum atomic E-state index is 12.5. The Labute approximate surface area is 125 Å². The van der Waals surface area contributed by atoms with Crippen LogP contribution in [0.1, 0.15) is 27.0 Å². The van der Waals surface area contributed by atoms with E-state index in [4.69, 9.17) is 0 Å². The predicted octanol–water partition coefficient (Wildman–Crippen LogP) is 3.86. The molecule has 0 heterocycles. The average Bonchev–Trinajstić information content (AvgIpc) is 2.43. The number of benzene rings is 2. The summed E-state index contributed by atoms with van der Waals surface area (Å²) in [5.74, 6) is 0.0293. The number of nitrogens with zero attached hydrogens (tertiary/aromatic N) is 1. The molecule has 0 radical (unpaired) electrons. The fourth-order valence-corrected chi connectivity index (χ4v) is 2.36. The normalized spacial score (nSPS) is 10.4. The monoisotopic (exact) mass is 285 g/mol. The van der Waals surface area contributed by atoms with Gasteiger partial charge in [-0.05, 0) is 42.7 Å². The van der Waals surface area contributed by atoms with Crippen molar-refractivity contribution < 1.29 is 4.79 Å². The lowest BCUT2D eigenvalue weighted by molar-refractivity contribution is 0.0784. The Morgan fingerprint density at radius 3 is 2.50 bits per heavy atom. The minimum absolute atomic E-state index is 0.0293. The van der Waals surface area contributed by atoms with Gasteiger partial charge in [0.05, 0.1) is 0 Å². The highest BCUT2D eigenvalue weighted by molar-refractivity contribution is 7.80. The van der Waals surface area contributed by atoms with E-state index in [1.807, 2.05) is 44.3 Å². The summed E-state index contributed by atoms with van der Waals surface area (Å²) in [5.41, 5.74) is 4.06. The van der Waals surface area contributed by atoms with Gasteiger partial charge in [-0.3, -0.25) is 4.79 Å². The molecule has 0 aliphatic carbocycles. The van der Waals surface area contributed by atoms with Crippen molar-refractivity contribution >= 4 is 18.5 Å². The Morgan fingerprint density at radius 1 is 1.10 bits per heavy atom. The molecular weight excluding hydrogens is 266 g/mol. The van der Waals surface area contributed by atoms with Crippen LogP contribution in [0.4, 0.5) is 0 Å². The highest BCUT2D eigenvalue weighted by atomic mass is 32.1. The van der Waals surface area contributed by atoms with E-state index in [9.17, 15) is 4.79 Å². The summed E-state index contributed by atoms with van der Waals surface area (Å²) in [6.45, 7) is 4.62. The van der Waals surface area contributed by atoms with Crippen molar-refractivity contribution in [3.63, 3.8) is 0 Å². The Balaban J connectivity index is 2.21. The van der Waals surface area contributed by atoms with Gasteiger partial charge in [-0.15, -0.1) is 12.6 Å². The summed E-state index contributed by atoms with van der Waals surface area (Å²) in [5, 5.41) is 0. The highest BCUT2D eigenvalue weighted by Gasteiger charge is 2.15. The van der Waals surface area contributed by atoms with E-state index < -0.39 is 0 Å². The van der Waals surface area contributed by atoms with Crippen molar-refractivity contribution in [2.45, 2.75) is 25.3 Å². The largest absolute Gasteiger partial charge is 0.337 e. The molecule has 20 heavy (non-hydrogen) atoms. The number of thiol groups is 1. The molecule has 0 bridgehead atoms. The van der Waals surface area contributed by atoms with Crippen LogP contribution in [-0.2, 0) is 6.54 Å². The first kappa shape index (κ1) is 14.7. The first-order valence-electron chi connectivity index (χ1n) is 6.58. The van der Waals surface area contributed by atoms with E-state index in [2.05, 4.69) is 31.7 Å². The number of aryl methyl sites for hydroxylation is 2. The summed E-state index contributed by atoms with van der Waals surface area (Å²) >= 11 is 4.31. The summed E-state index contributed by atoms with van der Waals surface area (Å²) < 4.78 is 0. The fourth-order valence-electron chi connectivity index (χ4n) is 2.16. The van der Waals surface area contributed by atoms with Gasteiger partial charge in [0.25, 0.3) is 5.91 Å². The van der Waals surface area contributed by atoms with E-state index >= 15 is 0 Å². The van der Waals surface area contributed by atoms with E-state index in [0.717, 1.165) is 10.5 Å². The minimum atomic E-state index is 0.0293. The van der Waals surface area contributed by atoms with Crippen molar-refractivity contribution in [2.24, 2.45) is 0 Å². The molecule has 0 unspecified atom stereocenters. The van der Waals surface area contributed by atoms with Gasteiger partial charge in [0, 0.05) is 24.1 Å². The standard InChI is InChI=1S/C17H19NOS/c1-12-6-4-5-7-14(12)11-18(3)17(19)16-10-15(20)9-8-13(16)2/h4-10,20H,11H2,1-3H3. The van der Waals surface area contributed by atoms with Crippen LogP contribution in [0, 0.1) is 13.8 Å². The fraction of sp³-hybridized carbons (Fsp3) is 0.235. The zero-order valence-corrected chi connectivity index (χ0v) is 12.9. The second-order valence-electron chi connectivity index (χ2n) is 5.09. The van der Waals surface area contributed by atoms with Crippen molar-refractivity contribution in [1.82, 2.24) is 4.90 Å². The van der Waals surface area contributed by atoms with E-state index in [1.165, 1.54) is 11.1 Å². The average molecular weight is 285 g/mol. The third-order valence-corrected chi connectivity index (χ3v) is 3.75. The highest BCUT2D eigenvalue weighted by Crippen LogP contribution is 2.17. The first-order valence-corrected chi connectivity index (χ1v) is 7.03. The van der Waals surface area contributed by atoms with Gasteiger partial charge in [-0.2, -0.15) is 0 Å². The van der Waals surface area contributed by atoms with Gasteiger partial charge >= 0.3 is 0 Å². The van der Waals surface area contributed by atoms with Crippen molar-refractivity contribution in [3.8, 4) is 0 Å². The summed E-state index contributed by atoms with van der Waals surface area (Å²) in [6, 6.07) is 13.8. The molecule has 2 rings (SSSR count). The minimum Gasteiger partial charge on any atom is -0.337 e. The van der Waals surface area contributed by atoms with Gasteiger partial charge < -0.3 is 4.90 Å². The van der Waals surface area contributed by atoms with Crippen LogP contribution >= 0.6 is 12.6 Å². The van der Waals surface area contributed by atoms with Gasteiger partial charge in [0.2, 0.25) is 0 Å². The summed E-state index contributed by atoms with van der Waals surface area (Å²) in [6.07, 6.45) is 0. The number of carbonyl (C=O) groups is 1. The zero-order valence-electron chi connectivity index (χ0n) is 12.1. The Hall–Kier alpha value is -1.74. The maximum Gasteiger partial charge on any atom is 0.254 e. The number of hydrogen-bond donors (Lipinski definition) is 1. The van der Waals surface area contributed by atoms with Crippen molar-refractivity contribution in [1.29, 1.82) is 0 Å². The second-order valence-corrected chi connectivity index (χ2v) is 5.60. The molecule has 1 amide bonds. The third-order valence-electron chi connectivity index (χ3n) is 3.47. The van der Waals surface area contributed by atoms with E-state index in [0.29, 0.717) is 12.1 Å². The molecule has 0 spiro atoms. The number of amides is 1. The molecule has 0 saturated carbocycles. The van der Waals surface area contributed by atoms with Crippen LogP contribution in [0.15, 0.2) is 47.4 Å². The molecule has 2 aromatic carbocycles. The van der Waals surface area contributed by atoms with Gasteiger partial charge in [0.1, 0.15) is 0 Å². The van der Waals surface area contributed by atoms with Crippen LogP contribution in [0.3, 0.4) is 0 Å². The summed E-state index contributed by atoms with van der Waals surface area (Å²) in [7, 11) is 1.83. The Bertz CT molecular complexity index is 637. The Kier molecular flexibility index (Phi) is 4.50. The van der Waals surface area contributed by atoms with Crippen LogP contribution in [0.5, 0.6) is 0 Å². The number of rotatable bonds is 3. The lowest BCUT2D eigenvalue weighted by Gasteiger charge is -2.19. The van der Waals surface area contributed by atoms with Crippen LogP contribution in [0.25, 0.3) is 0 Å². The lowest BCUT2D eigenvalue weighted by atomic mass is 10.1. The number of hydrogen-bond acceptors (Lipinski definition) is 2. The third kappa shape index (κ3) is 3.23. The molecule has 3 heteroatoms. The van der Waals surface area contributed by atoms with Crippen molar-refractivity contribution in [3.05, 3.63) is 64.7 Å². The molecule has 0 N–H and O–H groups in total.